The van der Waals surface area contributed by atoms with E-state index in [1.165, 1.54) is 23.8 Å². The van der Waals surface area contributed by atoms with Crippen LogP contribution in [0.25, 0.3) is 10.2 Å². The van der Waals surface area contributed by atoms with Gasteiger partial charge >= 0.3 is 17.5 Å². The number of nitrogens with zero attached hydrogens (tertiary/aromatic N) is 1. The van der Waals surface area contributed by atoms with Gasteiger partial charge < -0.3 is 9.47 Å². The molecule has 1 aromatic carbocycles. The minimum absolute atomic E-state index is 0.109. The second-order valence-corrected chi connectivity index (χ2v) is 4.84. The second-order valence-electron chi connectivity index (χ2n) is 3.78. The maximum absolute atomic E-state index is 12.1. The van der Waals surface area contributed by atoms with Crippen LogP contribution in [0.1, 0.15) is 0 Å². The van der Waals surface area contributed by atoms with Crippen LogP contribution >= 0.6 is 11.3 Å². The highest BCUT2D eigenvalue weighted by atomic mass is 32.1. The van der Waals surface area contributed by atoms with E-state index < -0.39 is 12.3 Å². The van der Waals surface area contributed by atoms with Crippen molar-refractivity contribution < 1.29 is 32.0 Å². The number of hydrogen-bond acceptors (Lipinski definition) is 5. The minimum atomic E-state index is -4.75. The van der Waals surface area contributed by atoms with E-state index in [-0.39, 0.29) is 17.4 Å². The number of nitrogens with two attached hydrogens (primary N) is 1. The average Bonchev–Trinajstić information content (AvgIpc) is 2.63. The lowest BCUT2D eigenvalue weighted by atomic mass is 10.3. The summed E-state index contributed by atoms with van der Waals surface area (Å²) in [6.45, 7) is -0.109. The molecule has 9 heteroatoms. The summed E-state index contributed by atoms with van der Waals surface area (Å²) in [7, 11) is 1.24. The highest BCUT2D eigenvalue weighted by Gasteiger charge is 2.31. The third kappa shape index (κ3) is 3.10. The molecule has 1 heterocycles. The molecule has 0 radical (unpaired) electrons. The molecule has 0 aliphatic heterocycles. The molecule has 0 aliphatic carbocycles. The zero-order chi connectivity index (χ0) is 14.9. The molecule has 2 aromatic rings. The Kier molecular flexibility index (Phi) is 3.71. The minimum Gasteiger partial charge on any atom is -0.466 e. The highest BCUT2D eigenvalue weighted by Crippen LogP contribution is 2.29. The van der Waals surface area contributed by atoms with E-state index in [2.05, 4.69) is 9.47 Å². The molecule has 20 heavy (non-hydrogen) atoms. The molecule has 2 rings (SSSR count). The Morgan fingerprint density at radius 2 is 2.15 bits per heavy atom. The van der Waals surface area contributed by atoms with Gasteiger partial charge in [-0.3, -0.25) is 5.73 Å². The fourth-order valence-corrected chi connectivity index (χ4v) is 2.60. The molecule has 108 valence electrons. The summed E-state index contributed by atoms with van der Waals surface area (Å²) in [5.41, 5.74) is 6.28. The number of ether oxygens (including phenoxy) is 2. The van der Waals surface area contributed by atoms with Crippen molar-refractivity contribution in [1.29, 1.82) is 0 Å². The summed E-state index contributed by atoms with van der Waals surface area (Å²) >= 11 is 1.06. The van der Waals surface area contributed by atoms with Crippen LogP contribution in [-0.4, -0.2) is 19.4 Å². The Hall–Kier alpha value is -2.03. The molecule has 1 aromatic heterocycles. The maximum atomic E-state index is 12.1. The quantitative estimate of drug-likeness (QED) is 0.694. The monoisotopic (exact) mass is 307 g/mol. The number of esters is 1. The smallest absolute Gasteiger partial charge is 0.466 e. The molecule has 0 bridgehead atoms. The molecule has 0 atom stereocenters. The SMILES string of the molecule is COC(=O)C[n+]1c(N)sc2cc(OC(F)(F)F)ccc21. The molecule has 0 unspecified atom stereocenters. The largest absolute Gasteiger partial charge is 0.573 e. The number of aromatic nitrogens is 1. The fourth-order valence-electron chi connectivity index (χ4n) is 1.64. The van der Waals surface area contributed by atoms with Gasteiger partial charge in [0.2, 0.25) is 0 Å². The van der Waals surface area contributed by atoms with Gasteiger partial charge in [-0.15, -0.1) is 13.2 Å². The number of anilines is 1. The predicted octanol–water partition coefficient (Wildman–Crippen LogP) is 1.84. The van der Waals surface area contributed by atoms with Crippen LogP contribution in [0.5, 0.6) is 5.75 Å². The Morgan fingerprint density at radius 1 is 1.45 bits per heavy atom. The summed E-state index contributed by atoms with van der Waals surface area (Å²) < 4.78 is 46.7. The standard InChI is InChI=1S/C11H9F3N2O3S/c1-18-9(17)5-16-7-3-2-6(19-11(12,13)14)4-8(7)20-10(16)15/h2-4,15H,5H2,1H3/p+1. The second kappa shape index (κ2) is 5.16. The van der Waals surface area contributed by atoms with Gasteiger partial charge in [-0.25, -0.2) is 9.36 Å². The summed E-state index contributed by atoms with van der Waals surface area (Å²) in [5.74, 6) is -0.839. The van der Waals surface area contributed by atoms with Crippen LogP contribution in [0, 0.1) is 0 Å². The number of nitrogen functional groups attached to an aromatic ring is 1. The molecule has 2 N–H and O–H groups in total. The van der Waals surface area contributed by atoms with Crippen molar-refractivity contribution in [3.63, 3.8) is 0 Å². The summed E-state index contributed by atoms with van der Waals surface area (Å²) in [6.07, 6.45) is -4.75. The van der Waals surface area contributed by atoms with Crippen LogP contribution in [-0.2, 0) is 16.1 Å². The molecule has 0 saturated heterocycles. The maximum Gasteiger partial charge on any atom is 0.573 e. The Morgan fingerprint density at radius 3 is 2.75 bits per heavy atom. The van der Waals surface area contributed by atoms with E-state index in [1.807, 2.05) is 0 Å². The number of carbonyl (C=O) groups is 1. The van der Waals surface area contributed by atoms with Crippen LogP contribution in [0.2, 0.25) is 0 Å². The number of rotatable bonds is 3. The third-order valence-electron chi connectivity index (χ3n) is 2.45. The van der Waals surface area contributed by atoms with Crippen LogP contribution in [0.15, 0.2) is 18.2 Å². The molecular weight excluding hydrogens is 297 g/mol. The van der Waals surface area contributed by atoms with Crippen molar-refractivity contribution in [3.05, 3.63) is 18.2 Å². The highest BCUT2D eigenvalue weighted by molar-refractivity contribution is 7.21. The van der Waals surface area contributed by atoms with E-state index in [0.717, 1.165) is 17.4 Å². The first kappa shape index (κ1) is 14.4. The summed E-state index contributed by atoms with van der Waals surface area (Å²) in [4.78, 5) is 11.3. The van der Waals surface area contributed by atoms with Gasteiger partial charge in [0.05, 0.1) is 11.8 Å². The van der Waals surface area contributed by atoms with E-state index in [1.54, 1.807) is 0 Å². The number of carbonyl (C=O) groups excluding carboxylic acids is 1. The summed E-state index contributed by atoms with van der Waals surface area (Å²) in [6, 6.07) is 3.79. The van der Waals surface area contributed by atoms with Gasteiger partial charge in [0.25, 0.3) is 0 Å². The normalized spacial score (nSPS) is 11.6. The van der Waals surface area contributed by atoms with Gasteiger partial charge in [-0.2, -0.15) is 0 Å². The third-order valence-corrected chi connectivity index (χ3v) is 3.43. The molecular formula is C11H10F3N2O3S+. The first-order valence-corrected chi connectivity index (χ1v) is 6.16. The fraction of sp³-hybridized carbons (Fsp3) is 0.273. The van der Waals surface area contributed by atoms with E-state index in [4.69, 9.17) is 5.73 Å². The zero-order valence-electron chi connectivity index (χ0n) is 10.2. The molecule has 0 saturated carbocycles. The summed E-state index contributed by atoms with van der Waals surface area (Å²) in [5, 5.41) is 0.287. The Labute approximate surface area is 115 Å². The van der Waals surface area contributed by atoms with Gasteiger partial charge in [-0.1, -0.05) is 0 Å². The van der Waals surface area contributed by atoms with E-state index in [0.29, 0.717) is 10.2 Å². The van der Waals surface area contributed by atoms with Gasteiger partial charge in [0.1, 0.15) is 11.3 Å². The molecule has 0 amide bonds. The zero-order valence-corrected chi connectivity index (χ0v) is 11.0. The van der Waals surface area contributed by atoms with Crippen molar-refractivity contribution in [3.8, 4) is 5.75 Å². The number of benzene rings is 1. The van der Waals surface area contributed by atoms with Crippen molar-refractivity contribution in [2.45, 2.75) is 12.9 Å². The van der Waals surface area contributed by atoms with Crippen molar-refractivity contribution >= 4 is 32.7 Å². The van der Waals surface area contributed by atoms with Crippen LogP contribution < -0.4 is 15.0 Å². The first-order valence-electron chi connectivity index (χ1n) is 5.34. The number of fused-ring (bicyclic) bond motifs is 1. The van der Waals surface area contributed by atoms with Gasteiger partial charge in [0.15, 0.2) is 6.54 Å². The van der Waals surface area contributed by atoms with Crippen molar-refractivity contribution in [1.82, 2.24) is 0 Å². The number of hydrogen-bond donors (Lipinski definition) is 1. The topological polar surface area (TPSA) is 65.4 Å². The van der Waals surface area contributed by atoms with Crippen molar-refractivity contribution in [2.24, 2.45) is 0 Å². The van der Waals surface area contributed by atoms with Crippen molar-refractivity contribution in [2.75, 3.05) is 12.8 Å². The van der Waals surface area contributed by atoms with Crippen LogP contribution in [0.3, 0.4) is 0 Å². The average molecular weight is 307 g/mol. The van der Waals surface area contributed by atoms with E-state index >= 15 is 0 Å². The number of alkyl halides is 3. The molecule has 0 spiro atoms. The number of halogens is 3. The first-order chi connectivity index (χ1) is 9.30. The molecule has 0 fully saturated rings. The number of methoxy groups -OCH3 is 1. The van der Waals surface area contributed by atoms with E-state index in [9.17, 15) is 18.0 Å². The molecule has 0 aliphatic rings. The lowest BCUT2D eigenvalue weighted by Crippen LogP contribution is -2.39. The lowest BCUT2D eigenvalue weighted by molar-refractivity contribution is -0.641. The Bertz CT molecular complexity index is 654. The molecule has 5 nitrogen and oxygen atoms in total. The Balaban J connectivity index is 2.39. The van der Waals surface area contributed by atoms with Crippen LogP contribution in [0.4, 0.5) is 18.3 Å². The van der Waals surface area contributed by atoms with Gasteiger partial charge in [0, 0.05) is 6.07 Å². The lowest BCUT2D eigenvalue weighted by Gasteiger charge is -2.08. The number of thiazole rings is 1. The predicted molar refractivity (Wildman–Crippen MR) is 65.1 cm³/mol. The van der Waals surface area contributed by atoms with Gasteiger partial charge in [-0.05, 0) is 23.5 Å².